The molecule has 0 unspecified atom stereocenters. The van der Waals surface area contributed by atoms with E-state index in [0.717, 1.165) is 45.8 Å². The summed E-state index contributed by atoms with van der Waals surface area (Å²) in [7, 11) is 0. The molecule has 3 aromatic rings. The summed E-state index contributed by atoms with van der Waals surface area (Å²) in [6.45, 7) is 0.493. The number of carbonyl (C=O) groups is 2. The predicted molar refractivity (Wildman–Crippen MR) is 125 cm³/mol. The van der Waals surface area contributed by atoms with Crippen molar-refractivity contribution in [3.63, 3.8) is 0 Å². The minimum atomic E-state index is -0.442. The molecule has 4 bridgehead atoms. The van der Waals surface area contributed by atoms with Crippen LogP contribution in [0.3, 0.4) is 0 Å². The van der Waals surface area contributed by atoms with Gasteiger partial charge in [-0.3, -0.25) is 4.79 Å². The SMILES string of the molecule is O=C(COC(=O)c1c2ccccc2cc2ccccc12)NCC12CC3CC(CC(C3)C1)C2. The molecule has 0 radical (unpaired) electrons. The van der Waals surface area contributed by atoms with E-state index in [9.17, 15) is 9.59 Å². The number of hydrogen-bond acceptors (Lipinski definition) is 3. The third-order valence-electron chi connectivity index (χ3n) is 8.14. The van der Waals surface area contributed by atoms with Gasteiger partial charge in [-0.2, -0.15) is 0 Å². The lowest BCUT2D eigenvalue weighted by atomic mass is 9.49. The van der Waals surface area contributed by atoms with Crippen LogP contribution in [0.4, 0.5) is 0 Å². The van der Waals surface area contributed by atoms with Gasteiger partial charge < -0.3 is 10.1 Å². The average Bonchev–Trinajstić information content (AvgIpc) is 2.79. The molecule has 164 valence electrons. The van der Waals surface area contributed by atoms with Gasteiger partial charge in [0.2, 0.25) is 0 Å². The maximum Gasteiger partial charge on any atom is 0.339 e. The number of fused-ring (bicyclic) bond motifs is 2. The molecule has 0 aromatic heterocycles. The Morgan fingerprint density at radius 3 is 1.94 bits per heavy atom. The maximum atomic E-state index is 13.1. The van der Waals surface area contributed by atoms with E-state index in [4.69, 9.17) is 4.74 Å². The Labute approximate surface area is 188 Å². The monoisotopic (exact) mass is 427 g/mol. The second-order valence-corrected chi connectivity index (χ2v) is 10.5. The van der Waals surface area contributed by atoms with Crippen LogP contribution >= 0.6 is 0 Å². The Kier molecular flexibility index (Phi) is 4.71. The number of esters is 1. The number of amides is 1. The highest BCUT2D eigenvalue weighted by Crippen LogP contribution is 2.59. The largest absolute Gasteiger partial charge is 0.452 e. The van der Waals surface area contributed by atoms with E-state index >= 15 is 0 Å². The fourth-order valence-electron chi connectivity index (χ4n) is 7.28. The van der Waals surface area contributed by atoms with Gasteiger partial charge in [-0.25, -0.2) is 4.79 Å². The number of rotatable bonds is 5. The summed E-state index contributed by atoms with van der Waals surface area (Å²) in [5, 5.41) is 6.79. The van der Waals surface area contributed by atoms with Gasteiger partial charge in [0, 0.05) is 6.54 Å². The van der Waals surface area contributed by atoms with Crippen LogP contribution in [0.1, 0.15) is 48.9 Å². The standard InChI is InChI=1S/C28H29NO3/c30-25(29-17-28-13-18-9-19(14-28)11-20(10-18)15-28)16-32-27(31)26-23-7-3-1-5-21(23)12-22-6-2-4-8-24(22)26/h1-8,12,18-20H,9-11,13-17H2,(H,29,30). The third-order valence-corrected chi connectivity index (χ3v) is 8.14. The van der Waals surface area contributed by atoms with E-state index in [1.165, 1.54) is 38.5 Å². The van der Waals surface area contributed by atoms with Crippen molar-refractivity contribution in [1.82, 2.24) is 5.32 Å². The second-order valence-electron chi connectivity index (χ2n) is 10.5. The van der Waals surface area contributed by atoms with Crippen LogP contribution in [-0.2, 0) is 9.53 Å². The molecule has 4 aliphatic rings. The Morgan fingerprint density at radius 1 is 0.844 bits per heavy atom. The summed E-state index contributed by atoms with van der Waals surface area (Å²) in [4.78, 5) is 25.7. The molecule has 3 aromatic carbocycles. The van der Waals surface area contributed by atoms with Gasteiger partial charge in [-0.15, -0.1) is 0 Å². The van der Waals surface area contributed by atoms with Crippen molar-refractivity contribution in [2.75, 3.05) is 13.2 Å². The van der Waals surface area contributed by atoms with Crippen molar-refractivity contribution in [1.29, 1.82) is 0 Å². The molecule has 0 spiro atoms. The van der Waals surface area contributed by atoms with E-state index in [2.05, 4.69) is 11.4 Å². The first-order valence-electron chi connectivity index (χ1n) is 11.9. The van der Waals surface area contributed by atoms with Crippen LogP contribution in [0.2, 0.25) is 0 Å². The van der Waals surface area contributed by atoms with Crippen LogP contribution in [0.25, 0.3) is 21.5 Å². The van der Waals surface area contributed by atoms with E-state index < -0.39 is 5.97 Å². The predicted octanol–water partition coefficient (Wildman–Crippen LogP) is 5.48. The highest BCUT2D eigenvalue weighted by molar-refractivity contribution is 6.16. The molecule has 0 atom stereocenters. The molecule has 4 saturated carbocycles. The number of nitrogens with one attached hydrogen (secondary N) is 1. The highest BCUT2D eigenvalue weighted by Gasteiger charge is 2.50. The van der Waals surface area contributed by atoms with Crippen LogP contribution in [0, 0.1) is 23.2 Å². The number of benzene rings is 3. The van der Waals surface area contributed by atoms with Gasteiger partial charge in [0.25, 0.3) is 5.91 Å². The van der Waals surface area contributed by atoms with Crippen LogP contribution in [0.5, 0.6) is 0 Å². The Morgan fingerprint density at radius 2 is 1.38 bits per heavy atom. The zero-order chi connectivity index (χ0) is 21.7. The summed E-state index contributed by atoms with van der Waals surface area (Å²) in [5.41, 5.74) is 0.813. The van der Waals surface area contributed by atoms with E-state index in [-0.39, 0.29) is 17.9 Å². The lowest BCUT2D eigenvalue weighted by molar-refractivity contribution is -0.126. The first-order chi connectivity index (χ1) is 15.6. The minimum absolute atomic E-state index is 0.196. The molecule has 0 heterocycles. The molecule has 4 aliphatic carbocycles. The lowest BCUT2D eigenvalue weighted by Gasteiger charge is -2.56. The molecule has 4 heteroatoms. The Balaban J connectivity index is 1.15. The molecular weight excluding hydrogens is 398 g/mol. The van der Waals surface area contributed by atoms with Crippen molar-refractivity contribution < 1.29 is 14.3 Å². The second kappa shape index (κ2) is 7.61. The molecule has 32 heavy (non-hydrogen) atoms. The smallest absolute Gasteiger partial charge is 0.339 e. The number of carbonyl (C=O) groups excluding carboxylic acids is 2. The molecule has 7 rings (SSSR count). The van der Waals surface area contributed by atoms with Gasteiger partial charge in [0.05, 0.1) is 5.56 Å². The zero-order valence-corrected chi connectivity index (χ0v) is 18.3. The molecule has 0 aliphatic heterocycles. The van der Waals surface area contributed by atoms with Gasteiger partial charge in [-0.1, -0.05) is 48.5 Å². The molecule has 4 fully saturated rings. The molecule has 4 nitrogen and oxygen atoms in total. The third kappa shape index (κ3) is 3.46. The van der Waals surface area contributed by atoms with Crippen molar-refractivity contribution in [2.45, 2.75) is 38.5 Å². The highest BCUT2D eigenvalue weighted by atomic mass is 16.5. The van der Waals surface area contributed by atoms with E-state index in [1.807, 2.05) is 48.5 Å². The maximum absolute atomic E-state index is 13.1. The van der Waals surface area contributed by atoms with Gasteiger partial charge in [0.1, 0.15) is 0 Å². The summed E-state index contributed by atoms with van der Waals surface area (Å²) < 4.78 is 5.53. The van der Waals surface area contributed by atoms with Gasteiger partial charge in [-0.05, 0) is 89.3 Å². The van der Waals surface area contributed by atoms with Crippen molar-refractivity contribution in [3.05, 3.63) is 60.2 Å². The number of ether oxygens (including phenoxy) is 1. The molecule has 0 saturated heterocycles. The van der Waals surface area contributed by atoms with Gasteiger partial charge in [0.15, 0.2) is 6.61 Å². The van der Waals surface area contributed by atoms with Crippen molar-refractivity contribution in [3.8, 4) is 0 Å². The summed E-state index contributed by atoms with van der Waals surface area (Å²) in [5.74, 6) is 1.93. The first kappa shape index (κ1) is 19.8. The van der Waals surface area contributed by atoms with Crippen LogP contribution in [-0.4, -0.2) is 25.0 Å². The summed E-state index contributed by atoms with van der Waals surface area (Å²) >= 11 is 0. The van der Waals surface area contributed by atoms with Crippen LogP contribution in [0.15, 0.2) is 54.6 Å². The minimum Gasteiger partial charge on any atom is -0.452 e. The summed E-state index contributed by atoms with van der Waals surface area (Å²) in [6, 6.07) is 17.7. The Bertz CT molecular complexity index is 1120. The zero-order valence-electron chi connectivity index (χ0n) is 18.3. The topological polar surface area (TPSA) is 55.4 Å². The average molecular weight is 428 g/mol. The molecule has 1 amide bonds. The molecule has 1 N–H and O–H groups in total. The number of hydrogen-bond donors (Lipinski definition) is 1. The normalized spacial score (nSPS) is 28.2. The van der Waals surface area contributed by atoms with Gasteiger partial charge >= 0.3 is 5.97 Å². The lowest BCUT2D eigenvalue weighted by Crippen LogP contribution is -2.51. The Hall–Kier alpha value is -2.88. The first-order valence-corrected chi connectivity index (χ1v) is 11.9. The molecular formula is C28H29NO3. The summed E-state index contributed by atoms with van der Waals surface area (Å²) in [6.07, 6.45) is 7.93. The van der Waals surface area contributed by atoms with Crippen molar-refractivity contribution in [2.24, 2.45) is 23.2 Å². The van der Waals surface area contributed by atoms with E-state index in [1.54, 1.807) is 0 Å². The van der Waals surface area contributed by atoms with Crippen LogP contribution < -0.4 is 5.32 Å². The van der Waals surface area contributed by atoms with Crippen molar-refractivity contribution >= 4 is 33.4 Å². The van der Waals surface area contributed by atoms with E-state index in [0.29, 0.717) is 5.56 Å². The quantitative estimate of drug-likeness (QED) is 0.433. The fourth-order valence-corrected chi connectivity index (χ4v) is 7.28. The fraction of sp³-hybridized carbons (Fsp3) is 0.429.